The zero-order valence-electron chi connectivity index (χ0n) is 24.3. The number of rotatable bonds is 10. The molecule has 0 radical (unpaired) electrons. The molecule has 0 bridgehead atoms. The smallest absolute Gasteiger partial charge is 0.251 e. The molecule has 0 spiro atoms. The highest BCUT2D eigenvalue weighted by Gasteiger charge is 2.50. The number of ketones is 2. The second-order valence-corrected chi connectivity index (χ2v) is 12.0. The van der Waals surface area contributed by atoms with Crippen LogP contribution in [-0.2, 0) is 9.47 Å². The lowest BCUT2D eigenvalue weighted by molar-refractivity contribution is -0.175. The number of Topliss-reactive ketones (excluding diaryl/α,β-unsaturated/α-hetero) is 2. The third kappa shape index (κ3) is 7.77. The zero-order chi connectivity index (χ0) is 33.0. The van der Waals surface area contributed by atoms with E-state index in [0.717, 1.165) is 0 Å². The molecule has 2 aliphatic rings. The van der Waals surface area contributed by atoms with Crippen molar-refractivity contribution in [3.63, 3.8) is 0 Å². The first-order chi connectivity index (χ1) is 21.4. The monoisotopic (exact) mass is 648 g/mol. The van der Waals surface area contributed by atoms with Gasteiger partial charge in [-0.2, -0.15) is 0 Å². The number of carbonyl (C=O) groups excluding carboxylic acids is 4. The van der Waals surface area contributed by atoms with E-state index >= 15 is 0 Å². The average molecular weight is 649 g/mol. The van der Waals surface area contributed by atoms with Crippen molar-refractivity contribution in [3.8, 4) is 0 Å². The molecular weight excluding hydrogens is 612 g/mol. The van der Waals surface area contributed by atoms with E-state index < -0.39 is 84.6 Å². The number of carbonyl (C=O) groups is 4. The SMILES string of the molecule is CC(=O)c1ccc(C(=O)NC2C(O)C(SC3O[C@@H](CO)[C@H](O)[C@H](NC(=O)c4ccc(C(C)=O)cc4)[C@H]3O)O[C@H](CO)[C@@H]2O)cc1. The summed E-state index contributed by atoms with van der Waals surface area (Å²) in [6.45, 7) is 1.35. The van der Waals surface area contributed by atoms with Crippen LogP contribution in [0.15, 0.2) is 48.5 Å². The highest BCUT2D eigenvalue weighted by Crippen LogP contribution is 2.37. The summed E-state index contributed by atoms with van der Waals surface area (Å²) >= 11 is 0.697. The van der Waals surface area contributed by atoms with Gasteiger partial charge in [0.05, 0.1) is 25.3 Å². The van der Waals surface area contributed by atoms with Gasteiger partial charge in [0, 0.05) is 22.3 Å². The third-order valence-electron chi connectivity index (χ3n) is 7.74. The Morgan fingerprint density at radius 2 is 0.911 bits per heavy atom. The molecule has 2 heterocycles. The predicted octanol–water partition coefficient (Wildman–Crippen LogP) is -1.40. The fraction of sp³-hybridized carbons (Fsp3) is 0.467. The largest absolute Gasteiger partial charge is 0.394 e. The highest BCUT2D eigenvalue weighted by atomic mass is 32.2. The molecule has 14 nitrogen and oxygen atoms in total. The van der Waals surface area contributed by atoms with Crippen molar-refractivity contribution in [1.82, 2.24) is 10.6 Å². The Kier molecular flexibility index (Phi) is 11.5. The summed E-state index contributed by atoms with van der Waals surface area (Å²) in [5.74, 6) is -1.77. The van der Waals surface area contributed by atoms with Crippen LogP contribution in [0.2, 0.25) is 0 Å². The molecule has 2 saturated heterocycles. The molecule has 4 unspecified atom stereocenters. The van der Waals surface area contributed by atoms with Crippen LogP contribution in [0, 0.1) is 0 Å². The van der Waals surface area contributed by atoms with Gasteiger partial charge in [0.1, 0.15) is 47.5 Å². The van der Waals surface area contributed by atoms with Gasteiger partial charge in [0.15, 0.2) is 11.6 Å². The summed E-state index contributed by atoms with van der Waals surface area (Å²) in [7, 11) is 0. The fourth-order valence-electron chi connectivity index (χ4n) is 5.05. The van der Waals surface area contributed by atoms with E-state index in [1.165, 1.54) is 62.4 Å². The molecule has 4 rings (SSSR count). The van der Waals surface area contributed by atoms with Crippen molar-refractivity contribution in [2.75, 3.05) is 13.2 Å². The molecule has 2 aliphatic heterocycles. The molecule has 2 aromatic rings. The number of amides is 2. The lowest BCUT2D eigenvalue weighted by Gasteiger charge is -2.46. The van der Waals surface area contributed by atoms with E-state index in [-0.39, 0.29) is 22.7 Å². The van der Waals surface area contributed by atoms with Gasteiger partial charge in [-0.05, 0) is 38.1 Å². The fourth-order valence-corrected chi connectivity index (χ4v) is 6.39. The molecular formula is C30H36N2O12S. The number of thioether (sulfide) groups is 1. The van der Waals surface area contributed by atoms with Gasteiger partial charge in [0.2, 0.25) is 0 Å². The predicted molar refractivity (Wildman–Crippen MR) is 159 cm³/mol. The van der Waals surface area contributed by atoms with Crippen LogP contribution in [0.5, 0.6) is 0 Å². The molecule has 0 aromatic heterocycles. The minimum atomic E-state index is -1.61. The van der Waals surface area contributed by atoms with E-state index in [2.05, 4.69) is 10.6 Å². The van der Waals surface area contributed by atoms with Crippen LogP contribution < -0.4 is 10.6 Å². The van der Waals surface area contributed by atoms with E-state index in [4.69, 9.17) is 9.47 Å². The average Bonchev–Trinajstić information content (AvgIpc) is 3.03. The maximum Gasteiger partial charge on any atom is 0.251 e. The second kappa shape index (κ2) is 14.9. The molecule has 0 saturated carbocycles. The first-order valence-corrected chi connectivity index (χ1v) is 15.0. The molecule has 15 heteroatoms. The Bertz CT molecular complexity index is 1270. The molecule has 2 aromatic carbocycles. The van der Waals surface area contributed by atoms with Crippen molar-refractivity contribution >= 4 is 35.1 Å². The molecule has 45 heavy (non-hydrogen) atoms. The normalized spacial score (nSPS) is 31.6. The van der Waals surface area contributed by atoms with Crippen molar-refractivity contribution < 1.29 is 59.3 Å². The van der Waals surface area contributed by atoms with Gasteiger partial charge in [-0.1, -0.05) is 36.0 Å². The van der Waals surface area contributed by atoms with E-state index in [1.807, 2.05) is 0 Å². The number of benzene rings is 2. The Labute approximate surface area is 262 Å². The number of aliphatic hydroxyl groups excluding tert-OH is 6. The van der Waals surface area contributed by atoms with Gasteiger partial charge in [-0.25, -0.2) is 0 Å². The molecule has 2 fully saturated rings. The van der Waals surface area contributed by atoms with Crippen molar-refractivity contribution in [1.29, 1.82) is 0 Å². The summed E-state index contributed by atoms with van der Waals surface area (Å²) in [5, 5.41) is 68.6. The lowest BCUT2D eigenvalue weighted by atomic mass is 9.96. The molecule has 0 aliphatic carbocycles. The topological polar surface area (TPSA) is 232 Å². The van der Waals surface area contributed by atoms with Crippen LogP contribution in [0.1, 0.15) is 55.3 Å². The summed E-state index contributed by atoms with van der Waals surface area (Å²) in [5.41, 5.74) is -1.60. The minimum absolute atomic E-state index is 0.135. The van der Waals surface area contributed by atoms with Crippen LogP contribution in [0.4, 0.5) is 0 Å². The summed E-state index contributed by atoms with van der Waals surface area (Å²) < 4.78 is 11.4. The molecule has 2 amide bonds. The van der Waals surface area contributed by atoms with Crippen molar-refractivity contribution in [2.24, 2.45) is 0 Å². The zero-order valence-corrected chi connectivity index (χ0v) is 25.2. The number of nitrogens with one attached hydrogen (secondary N) is 2. The number of ether oxygens (including phenoxy) is 2. The van der Waals surface area contributed by atoms with Crippen LogP contribution in [-0.4, -0.2) is 127 Å². The van der Waals surface area contributed by atoms with Gasteiger partial charge >= 0.3 is 0 Å². The third-order valence-corrected chi connectivity index (χ3v) is 9.06. The summed E-state index contributed by atoms with van der Waals surface area (Å²) in [6.07, 6.45) is -8.87. The Morgan fingerprint density at radius 3 is 1.20 bits per heavy atom. The summed E-state index contributed by atoms with van der Waals surface area (Å²) in [6, 6.07) is 8.69. The number of hydrogen-bond acceptors (Lipinski definition) is 13. The number of aliphatic hydroxyl groups is 6. The molecule has 8 N–H and O–H groups in total. The van der Waals surface area contributed by atoms with E-state index in [9.17, 15) is 49.8 Å². The standard InChI is InChI=1S/C30H36N2O12S/c1-13(35)15-3-7-17(8-4-15)27(41)31-21-23(37)19(11-33)43-29(25(21)39)45-30-26(40)22(24(38)20(12-34)44-30)32-28(42)18-9-5-16(6-10-18)14(2)36/h3-10,19-26,29-30,33-34,37-40H,11-12H2,1-2H3,(H,31,41)(H,32,42)/t19-,20+,21-,22?,23-,24-,25+,26?,29?,30?/m0/s1. The summed E-state index contributed by atoms with van der Waals surface area (Å²) in [4.78, 5) is 49.0. The van der Waals surface area contributed by atoms with E-state index in [1.54, 1.807) is 0 Å². The minimum Gasteiger partial charge on any atom is -0.394 e. The number of hydrogen-bond donors (Lipinski definition) is 8. The van der Waals surface area contributed by atoms with Gasteiger partial charge < -0.3 is 50.7 Å². The Balaban J connectivity index is 1.50. The first-order valence-electron chi connectivity index (χ1n) is 14.1. The Hall–Kier alpha value is -3.25. The second-order valence-electron chi connectivity index (χ2n) is 10.8. The van der Waals surface area contributed by atoms with Gasteiger partial charge in [-0.3, -0.25) is 19.2 Å². The molecule has 244 valence electrons. The quantitative estimate of drug-likeness (QED) is 0.139. The van der Waals surface area contributed by atoms with E-state index in [0.29, 0.717) is 22.9 Å². The Morgan fingerprint density at radius 1 is 0.600 bits per heavy atom. The van der Waals surface area contributed by atoms with Crippen molar-refractivity contribution in [2.45, 2.75) is 73.4 Å². The van der Waals surface area contributed by atoms with Crippen LogP contribution in [0.3, 0.4) is 0 Å². The van der Waals surface area contributed by atoms with Gasteiger partial charge in [-0.15, -0.1) is 0 Å². The van der Waals surface area contributed by atoms with Crippen molar-refractivity contribution in [3.05, 3.63) is 70.8 Å². The van der Waals surface area contributed by atoms with Crippen LogP contribution >= 0.6 is 11.8 Å². The maximum atomic E-state index is 13.0. The first kappa shape index (κ1) is 34.6. The van der Waals surface area contributed by atoms with Gasteiger partial charge in [0.25, 0.3) is 11.8 Å². The highest BCUT2D eigenvalue weighted by molar-refractivity contribution is 8.00. The lowest BCUT2D eigenvalue weighted by Crippen LogP contribution is -2.66. The van der Waals surface area contributed by atoms with Crippen LogP contribution in [0.25, 0.3) is 0 Å². The molecule has 10 atom stereocenters. The maximum absolute atomic E-state index is 13.0.